The molecule has 0 amide bonds. The summed E-state index contributed by atoms with van der Waals surface area (Å²) >= 11 is 12.8. The molecular formula is C9H18S4. The smallest absolute Gasteiger partial charge is 0.0146 e. The van der Waals surface area contributed by atoms with Crippen LogP contribution in [0.3, 0.4) is 0 Å². The SMILES string of the molecule is SCCCC1CSC(CCS)CS1. The Morgan fingerprint density at radius 2 is 1.54 bits per heavy atom. The summed E-state index contributed by atoms with van der Waals surface area (Å²) in [7, 11) is 0. The van der Waals surface area contributed by atoms with Crippen molar-refractivity contribution in [2.75, 3.05) is 23.0 Å². The molecule has 1 saturated heterocycles. The summed E-state index contributed by atoms with van der Waals surface area (Å²) in [5.74, 6) is 4.76. The first-order valence-corrected chi connectivity index (χ1v) is 8.18. The molecule has 0 saturated carbocycles. The van der Waals surface area contributed by atoms with Crippen molar-refractivity contribution in [3.05, 3.63) is 0 Å². The quantitative estimate of drug-likeness (QED) is 0.723. The number of rotatable bonds is 5. The summed E-state index contributed by atoms with van der Waals surface area (Å²) in [6.45, 7) is 0. The van der Waals surface area contributed by atoms with Crippen LogP contribution in [0.15, 0.2) is 0 Å². The molecule has 2 unspecified atom stereocenters. The zero-order valence-electron chi connectivity index (χ0n) is 7.82. The fourth-order valence-electron chi connectivity index (χ4n) is 1.38. The van der Waals surface area contributed by atoms with E-state index in [2.05, 4.69) is 48.8 Å². The lowest BCUT2D eigenvalue weighted by molar-refractivity contribution is 0.788. The molecule has 0 bridgehead atoms. The topological polar surface area (TPSA) is 0 Å². The second-order valence-corrected chi connectivity index (χ2v) is 6.85. The number of thiol groups is 2. The van der Waals surface area contributed by atoms with Gasteiger partial charge in [0, 0.05) is 22.0 Å². The highest BCUT2D eigenvalue weighted by molar-refractivity contribution is 8.07. The molecule has 13 heavy (non-hydrogen) atoms. The number of hydrogen-bond donors (Lipinski definition) is 2. The molecule has 1 fully saturated rings. The minimum Gasteiger partial charge on any atom is -0.179 e. The Bertz CT molecular complexity index is 121. The lowest BCUT2D eigenvalue weighted by Crippen LogP contribution is -2.21. The Morgan fingerprint density at radius 3 is 2.00 bits per heavy atom. The van der Waals surface area contributed by atoms with E-state index in [1.807, 2.05) is 0 Å². The molecule has 0 aliphatic carbocycles. The van der Waals surface area contributed by atoms with Gasteiger partial charge in [-0.3, -0.25) is 0 Å². The maximum absolute atomic E-state index is 4.28. The van der Waals surface area contributed by atoms with E-state index in [9.17, 15) is 0 Å². The van der Waals surface area contributed by atoms with Gasteiger partial charge in [0.15, 0.2) is 0 Å². The van der Waals surface area contributed by atoms with Crippen LogP contribution in [-0.2, 0) is 0 Å². The minimum atomic E-state index is 0.870. The Hall–Kier alpha value is 1.40. The van der Waals surface area contributed by atoms with Gasteiger partial charge in [-0.2, -0.15) is 48.8 Å². The Balaban J connectivity index is 2.08. The molecule has 1 aliphatic rings. The predicted molar refractivity (Wildman–Crippen MR) is 74.0 cm³/mol. The lowest BCUT2D eigenvalue weighted by Gasteiger charge is -2.27. The van der Waals surface area contributed by atoms with Gasteiger partial charge in [0.2, 0.25) is 0 Å². The van der Waals surface area contributed by atoms with Crippen LogP contribution in [0.2, 0.25) is 0 Å². The van der Waals surface area contributed by atoms with Crippen molar-refractivity contribution in [2.45, 2.75) is 29.8 Å². The number of hydrogen-bond acceptors (Lipinski definition) is 4. The fraction of sp³-hybridized carbons (Fsp3) is 1.00. The van der Waals surface area contributed by atoms with Crippen LogP contribution in [0.25, 0.3) is 0 Å². The van der Waals surface area contributed by atoms with Gasteiger partial charge < -0.3 is 0 Å². The van der Waals surface area contributed by atoms with Gasteiger partial charge in [-0.25, -0.2) is 0 Å². The maximum atomic E-state index is 4.28. The largest absolute Gasteiger partial charge is 0.179 e. The van der Waals surface area contributed by atoms with Crippen LogP contribution < -0.4 is 0 Å². The molecule has 1 aliphatic heterocycles. The molecule has 78 valence electrons. The molecule has 0 spiro atoms. The van der Waals surface area contributed by atoms with Gasteiger partial charge in [-0.05, 0) is 30.8 Å². The molecular weight excluding hydrogens is 236 g/mol. The zero-order valence-corrected chi connectivity index (χ0v) is 11.2. The zero-order chi connectivity index (χ0) is 9.52. The highest BCUT2D eigenvalue weighted by Crippen LogP contribution is 2.33. The van der Waals surface area contributed by atoms with Gasteiger partial charge >= 0.3 is 0 Å². The van der Waals surface area contributed by atoms with Crippen molar-refractivity contribution in [1.82, 2.24) is 0 Å². The summed E-state index contributed by atoms with van der Waals surface area (Å²) < 4.78 is 0. The van der Waals surface area contributed by atoms with Crippen molar-refractivity contribution >= 4 is 48.8 Å². The molecule has 0 radical (unpaired) electrons. The van der Waals surface area contributed by atoms with Crippen molar-refractivity contribution in [3.8, 4) is 0 Å². The Morgan fingerprint density at radius 1 is 0.923 bits per heavy atom. The van der Waals surface area contributed by atoms with Gasteiger partial charge in [-0.15, -0.1) is 0 Å². The van der Waals surface area contributed by atoms with Crippen molar-refractivity contribution < 1.29 is 0 Å². The summed E-state index contributed by atoms with van der Waals surface area (Å²) in [5, 5.41) is 1.77. The second kappa shape index (κ2) is 7.66. The van der Waals surface area contributed by atoms with Crippen LogP contribution in [0.4, 0.5) is 0 Å². The molecule has 4 heteroatoms. The molecule has 0 N–H and O–H groups in total. The summed E-state index contributed by atoms with van der Waals surface area (Å²) in [5.41, 5.74) is 0. The van der Waals surface area contributed by atoms with Gasteiger partial charge in [0.05, 0.1) is 0 Å². The van der Waals surface area contributed by atoms with Gasteiger partial charge in [0.1, 0.15) is 0 Å². The molecule has 0 aromatic rings. The molecule has 2 atom stereocenters. The Labute approximate surface area is 101 Å². The average Bonchev–Trinajstić information content (AvgIpc) is 2.17. The third-order valence-corrected chi connectivity index (χ3v) is 6.10. The van der Waals surface area contributed by atoms with E-state index in [-0.39, 0.29) is 0 Å². The van der Waals surface area contributed by atoms with Crippen LogP contribution in [0, 0.1) is 0 Å². The van der Waals surface area contributed by atoms with Crippen LogP contribution in [0.1, 0.15) is 19.3 Å². The average molecular weight is 255 g/mol. The summed E-state index contributed by atoms with van der Waals surface area (Å²) in [4.78, 5) is 0. The van der Waals surface area contributed by atoms with Gasteiger partial charge in [0.25, 0.3) is 0 Å². The summed E-state index contributed by atoms with van der Waals surface area (Å²) in [6.07, 6.45) is 3.91. The number of thioether (sulfide) groups is 2. The second-order valence-electron chi connectivity index (χ2n) is 3.29. The van der Waals surface area contributed by atoms with Crippen LogP contribution >= 0.6 is 48.8 Å². The van der Waals surface area contributed by atoms with Crippen molar-refractivity contribution in [3.63, 3.8) is 0 Å². The van der Waals surface area contributed by atoms with E-state index in [1.54, 1.807) is 0 Å². The van der Waals surface area contributed by atoms with Gasteiger partial charge in [-0.1, -0.05) is 0 Å². The van der Waals surface area contributed by atoms with E-state index in [1.165, 1.54) is 30.8 Å². The first kappa shape index (κ1) is 12.5. The van der Waals surface area contributed by atoms with Crippen LogP contribution in [0.5, 0.6) is 0 Å². The van der Waals surface area contributed by atoms with E-state index >= 15 is 0 Å². The highest BCUT2D eigenvalue weighted by Gasteiger charge is 2.20. The van der Waals surface area contributed by atoms with E-state index in [0.717, 1.165) is 22.0 Å². The first-order chi connectivity index (χ1) is 6.36. The van der Waals surface area contributed by atoms with E-state index in [0.29, 0.717) is 0 Å². The monoisotopic (exact) mass is 254 g/mol. The highest BCUT2D eigenvalue weighted by atomic mass is 32.2. The standard InChI is InChI=1S/C9H18S4/c10-4-1-2-8-6-13-9(3-5-11)7-12-8/h8-11H,1-7H2. The fourth-order valence-corrected chi connectivity index (χ4v) is 5.21. The molecule has 1 heterocycles. The predicted octanol–water partition coefficient (Wildman–Crippen LogP) is 3.23. The van der Waals surface area contributed by atoms with Crippen LogP contribution in [-0.4, -0.2) is 33.5 Å². The molecule has 1 rings (SSSR count). The van der Waals surface area contributed by atoms with Crippen molar-refractivity contribution in [1.29, 1.82) is 0 Å². The molecule has 0 aromatic carbocycles. The third-order valence-electron chi connectivity index (χ3n) is 2.17. The van der Waals surface area contributed by atoms with E-state index in [4.69, 9.17) is 0 Å². The third kappa shape index (κ3) is 5.14. The van der Waals surface area contributed by atoms with Crippen molar-refractivity contribution in [2.24, 2.45) is 0 Å². The lowest BCUT2D eigenvalue weighted by atomic mass is 10.3. The van der Waals surface area contributed by atoms with E-state index < -0.39 is 0 Å². The Kier molecular flexibility index (Phi) is 7.35. The first-order valence-electron chi connectivity index (χ1n) is 4.81. The normalized spacial score (nSPS) is 29.1. The summed E-state index contributed by atoms with van der Waals surface area (Å²) in [6, 6.07) is 0. The molecule has 0 aromatic heterocycles. The minimum absolute atomic E-state index is 0.870. The maximum Gasteiger partial charge on any atom is 0.0146 e. The molecule has 0 nitrogen and oxygen atoms in total.